The fraction of sp³-hybridized carbons (Fsp3) is 0.0526. The number of ether oxygens (including phenoxy) is 1. The summed E-state index contributed by atoms with van der Waals surface area (Å²) in [6.45, 7) is 1.88. The predicted octanol–water partition coefficient (Wildman–Crippen LogP) is 6.55. The normalized spacial score (nSPS) is 11.3. The third-order valence-electron chi connectivity index (χ3n) is 3.64. The van der Waals surface area contributed by atoms with Crippen LogP contribution in [0.5, 0.6) is 11.5 Å². The van der Waals surface area contributed by atoms with Crippen LogP contribution in [0.2, 0.25) is 15.1 Å². The summed E-state index contributed by atoms with van der Waals surface area (Å²) in [7, 11) is -3.79. The average Bonchev–Trinajstić information content (AvgIpc) is 2.59. The third kappa shape index (κ3) is 4.68. The van der Waals surface area contributed by atoms with E-state index in [4.69, 9.17) is 39.5 Å². The molecule has 0 fully saturated rings. The molecule has 0 saturated heterocycles. The van der Waals surface area contributed by atoms with Crippen LogP contribution in [0.25, 0.3) is 0 Å². The van der Waals surface area contributed by atoms with Crippen LogP contribution in [0.3, 0.4) is 0 Å². The molecule has 0 amide bonds. The number of halogens is 3. The van der Waals surface area contributed by atoms with Gasteiger partial charge in [0.1, 0.15) is 0 Å². The summed E-state index contributed by atoms with van der Waals surface area (Å²) in [6.07, 6.45) is 0. The van der Waals surface area contributed by atoms with Crippen molar-refractivity contribution in [3.63, 3.8) is 0 Å². The second-order valence-electron chi connectivity index (χ2n) is 5.72. The Kier molecular flexibility index (Phi) is 5.86. The number of hydrogen-bond donors (Lipinski definition) is 1. The summed E-state index contributed by atoms with van der Waals surface area (Å²) in [4.78, 5) is 0.144. The average molecular weight is 443 g/mol. The minimum Gasteiger partial charge on any atom is -0.452 e. The molecule has 3 aromatic carbocycles. The number of anilines is 1. The molecule has 0 aliphatic heterocycles. The van der Waals surface area contributed by atoms with Crippen molar-refractivity contribution < 1.29 is 13.2 Å². The number of para-hydroxylation sites is 2. The number of sulfonamides is 1. The van der Waals surface area contributed by atoms with Gasteiger partial charge in [0.15, 0.2) is 11.5 Å². The van der Waals surface area contributed by atoms with E-state index in [0.717, 1.165) is 5.56 Å². The molecule has 0 unspecified atom stereocenters. The van der Waals surface area contributed by atoms with Crippen molar-refractivity contribution in [2.24, 2.45) is 0 Å². The fourth-order valence-corrected chi connectivity index (χ4v) is 4.26. The summed E-state index contributed by atoms with van der Waals surface area (Å²) < 4.78 is 33.6. The lowest BCUT2D eigenvalue weighted by Gasteiger charge is -2.15. The Balaban J connectivity index is 1.94. The van der Waals surface area contributed by atoms with Gasteiger partial charge in [0.25, 0.3) is 10.0 Å². The van der Waals surface area contributed by atoms with Crippen molar-refractivity contribution in [1.82, 2.24) is 0 Å². The lowest BCUT2D eigenvalue weighted by Crippen LogP contribution is -2.13. The van der Waals surface area contributed by atoms with Gasteiger partial charge < -0.3 is 4.74 Å². The first-order chi connectivity index (χ1) is 12.8. The molecule has 0 bridgehead atoms. The summed E-state index contributed by atoms with van der Waals surface area (Å²) in [5, 5.41) is 0.790. The first kappa shape index (κ1) is 19.8. The molecule has 0 heterocycles. The highest BCUT2D eigenvalue weighted by atomic mass is 35.5. The molecule has 1 N–H and O–H groups in total. The number of hydrogen-bond acceptors (Lipinski definition) is 3. The number of aryl methyl sites for hydroxylation is 1. The molecule has 0 aromatic heterocycles. The Bertz CT molecular complexity index is 1060. The molecule has 8 heteroatoms. The zero-order valence-electron chi connectivity index (χ0n) is 14.0. The van der Waals surface area contributed by atoms with Gasteiger partial charge in [-0.25, -0.2) is 8.42 Å². The second-order valence-corrected chi connectivity index (χ2v) is 8.65. The summed E-state index contributed by atoms with van der Waals surface area (Å²) in [5.74, 6) is 0.434. The molecule has 27 heavy (non-hydrogen) atoms. The maximum Gasteiger partial charge on any atom is 0.262 e. The lowest BCUT2D eigenvalue weighted by atomic mass is 10.2. The molecular weight excluding hydrogens is 429 g/mol. The van der Waals surface area contributed by atoms with Crippen LogP contribution >= 0.6 is 34.8 Å². The van der Waals surface area contributed by atoms with Crippen molar-refractivity contribution in [1.29, 1.82) is 0 Å². The van der Waals surface area contributed by atoms with E-state index in [1.54, 1.807) is 36.4 Å². The molecule has 0 radical (unpaired) electrons. The Morgan fingerprint density at radius 2 is 1.48 bits per heavy atom. The van der Waals surface area contributed by atoms with E-state index < -0.39 is 10.0 Å². The van der Waals surface area contributed by atoms with E-state index in [1.807, 2.05) is 6.92 Å². The van der Waals surface area contributed by atoms with Gasteiger partial charge in [-0.3, -0.25) is 4.72 Å². The molecule has 3 rings (SSSR count). The Labute approximate surface area is 172 Å². The molecule has 0 atom stereocenters. The van der Waals surface area contributed by atoms with Gasteiger partial charge >= 0.3 is 0 Å². The molecule has 3 aromatic rings. The second kappa shape index (κ2) is 7.98. The van der Waals surface area contributed by atoms with Crippen molar-refractivity contribution in [2.75, 3.05) is 4.72 Å². The summed E-state index contributed by atoms with van der Waals surface area (Å²) >= 11 is 18.2. The highest BCUT2D eigenvalue weighted by Gasteiger charge is 2.18. The van der Waals surface area contributed by atoms with E-state index >= 15 is 0 Å². The van der Waals surface area contributed by atoms with Gasteiger partial charge in [-0.15, -0.1) is 0 Å². The first-order valence-corrected chi connectivity index (χ1v) is 10.4. The van der Waals surface area contributed by atoms with E-state index in [1.165, 1.54) is 24.3 Å². The molecule has 4 nitrogen and oxygen atoms in total. The highest BCUT2D eigenvalue weighted by Crippen LogP contribution is 2.40. The number of nitrogens with one attached hydrogen (secondary N) is 1. The molecular formula is C19H14Cl3NO3S. The van der Waals surface area contributed by atoms with Crippen LogP contribution < -0.4 is 9.46 Å². The van der Waals surface area contributed by atoms with Crippen LogP contribution in [0.4, 0.5) is 5.69 Å². The van der Waals surface area contributed by atoms with Crippen LogP contribution in [0, 0.1) is 6.92 Å². The van der Waals surface area contributed by atoms with Crippen molar-refractivity contribution in [3.8, 4) is 11.5 Å². The molecule has 0 spiro atoms. The third-order valence-corrected chi connectivity index (χ3v) is 5.80. The maximum absolute atomic E-state index is 12.7. The van der Waals surface area contributed by atoms with Crippen LogP contribution in [-0.2, 0) is 10.0 Å². The minimum absolute atomic E-state index is 0.144. The van der Waals surface area contributed by atoms with Gasteiger partial charge in [-0.05, 0) is 43.3 Å². The fourth-order valence-electron chi connectivity index (χ4n) is 2.30. The Morgan fingerprint density at radius 1 is 0.889 bits per heavy atom. The van der Waals surface area contributed by atoms with Crippen molar-refractivity contribution >= 4 is 50.5 Å². The predicted molar refractivity (Wildman–Crippen MR) is 110 cm³/mol. The standard InChI is InChI=1S/C19H14Cl3NO3S/c1-12-6-8-14(9-7-12)27(24,25)23-17-4-2-3-5-18(17)26-19-15(21)10-13(20)11-16(19)22/h2-11,23H,1H3. The van der Waals surface area contributed by atoms with Crippen LogP contribution in [0.15, 0.2) is 65.6 Å². The monoisotopic (exact) mass is 441 g/mol. The van der Waals surface area contributed by atoms with Gasteiger partial charge in [0.05, 0.1) is 20.6 Å². The number of rotatable bonds is 5. The topological polar surface area (TPSA) is 55.4 Å². The van der Waals surface area contributed by atoms with E-state index in [9.17, 15) is 8.42 Å². The SMILES string of the molecule is Cc1ccc(S(=O)(=O)Nc2ccccc2Oc2c(Cl)cc(Cl)cc2Cl)cc1. The molecule has 0 aliphatic rings. The van der Waals surface area contributed by atoms with E-state index in [0.29, 0.717) is 5.02 Å². The van der Waals surface area contributed by atoms with Crippen molar-refractivity contribution in [3.05, 3.63) is 81.3 Å². The number of benzene rings is 3. The van der Waals surface area contributed by atoms with Gasteiger partial charge in [0, 0.05) is 5.02 Å². The van der Waals surface area contributed by atoms with Gasteiger partial charge in [-0.2, -0.15) is 0 Å². The highest BCUT2D eigenvalue weighted by molar-refractivity contribution is 7.92. The first-order valence-electron chi connectivity index (χ1n) is 7.77. The van der Waals surface area contributed by atoms with Gasteiger partial charge in [0.2, 0.25) is 0 Å². The maximum atomic E-state index is 12.7. The largest absolute Gasteiger partial charge is 0.452 e. The lowest BCUT2D eigenvalue weighted by molar-refractivity contribution is 0.485. The quantitative estimate of drug-likeness (QED) is 0.487. The smallest absolute Gasteiger partial charge is 0.262 e. The van der Waals surface area contributed by atoms with Crippen molar-refractivity contribution in [2.45, 2.75) is 11.8 Å². The summed E-state index contributed by atoms with van der Waals surface area (Å²) in [6, 6.07) is 16.1. The molecule has 140 valence electrons. The van der Waals surface area contributed by atoms with Gasteiger partial charge in [-0.1, -0.05) is 64.6 Å². The molecule has 0 saturated carbocycles. The van der Waals surface area contributed by atoms with E-state index in [2.05, 4.69) is 4.72 Å². The minimum atomic E-state index is -3.79. The van der Waals surface area contributed by atoms with Crippen LogP contribution in [-0.4, -0.2) is 8.42 Å². The Hall–Kier alpha value is -1.92. The van der Waals surface area contributed by atoms with E-state index in [-0.39, 0.29) is 32.1 Å². The molecule has 0 aliphatic carbocycles. The summed E-state index contributed by atoms with van der Waals surface area (Å²) in [5.41, 5.74) is 1.21. The Morgan fingerprint density at radius 3 is 2.11 bits per heavy atom. The van der Waals surface area contributed by atoms with Crippen LogP contribution in [0.1, 0.15) is 5.56 Å². The zero-order valence-corrected chi connectivity index (χ0v) is 17.1. The zero-order chi connectivity index (χ0) is 19.6.